The van der Waals surface area contributed by atoms with Crippen molar-refractivity contribution in [2.75, 3.05) is 39.6 Å². The number of esters is 3. The largest absolute Gasteiger partial charge is 0.472 e. The Balaban J connectivity index is 4.70. The van der Waals surface area contributed by atoms with Gasteiger partial charge in [-0.15, -0.1) is 0 Å². The Morgan fingerprint density at radius 1 is 0.277 bits per heavy atom. The van der Waals surface area contributed by atoms with E-state index in [1.807, 2.05) is 12.2 Å². The minimum atomic E-state index is -4.96. The highest BCUT2D eigenvalue weighted by atomic mass is 31.2. The molecule has 0 aliphatic rings. The van der Waals surface area contributed by atoms with Crippen molar-refractivity contribution >= 4 is 33.6 Å². The highest BCUT2D eigenvalue weighted by molar-refractivity contribution is 7.47. The molecule has 0 spiro atoms. The first-order valence-electron chi connectivity index (χ1n) is 37.7. The zero-order valence-corrected chi connectivity index (χ0v) is 63.8. The predicted molar refractivity (Wildman–Crippen MR) is 417 cm³/mol. The summed E-state index contributed by atoms with van der Waals surface area (Å²) >= 11 is 0. The van der Waals surface area contributed by atoms with E-state index in [-0.39, 0.29) is 19.3 Å². The minimum Gasteiger partial charge on any atom is -0.463 e. The molecule has 18 heteroatoms. The molecule has 5 atom stereocenters. The number of aliphatic hydroxyl groups is 2. The second-order valence-corrected chi connectivity index (χ2v) is 27.2. The van der Waals surface area contributed by atoms with Crippen molar-refractivity contribution < 1.29 is 75.8 Å². The van der Waals surface area contributed by atoms with Gasteiger partial charge in [0.1, 0.15) is 25.4 Å². The van der Waals surface area contributed by atoms with Gasteiger partial charge in [-0.05, 0) is 154 Å². The maximum atomic E-state index is 12.9. The Morgan fingerprint density at radius 3 is 0.832 bits per heavy atom. The third-order valence-corrected chi connectivity index (χ3v) is 16.7. The summed E-state index contributed by atoms with van der Waals surface area (Å²) in [6.45, 7) is 2.18. The molecule has 101 heavy (non-hydrogen) atoms. The SMILES string of the molecule is CC/C=C\C/C=C\C/C=C\C/C=C\C/C=C\C/C=C\CCCCC(=O)OCC(COP(=O)(O)OCC(O)COP(=O)(O)OCC(O)COC(=O)CCCCCCCCCCCCC/C=C\C/C=C\C/C=C\C/C=C\C/C=C\CC)OC(=O)CCC/C=C\C/C=C\C/C=C\C/C=C\C/C=C\CC. The van der Waals surface area contributed by atoms with Gasteiger partial charge < -0.3 is 34.2 Å². The normalized spacial score (nSPS) is 15.1. The lowest BCUT2D eigenvalue weighted by molar-refractivity contribution is -0.161. The van der Waals surface area contributed by atoms with Crippen LogP contribution in [0.15, 0.2) is 194 Å². The molecule has 0 aliphatic carbocycles. The fraction of sp³-hybridized carbons (Fsp3) is 0.578. The van der Waals surface area contributed by atoms with Crippen LogP contribution in [0.25, 0.3) is 0 Å². The van der Waals surface area contributed by atoms with Crippen molar-refractivity contribution in [2.45, 2.75) is 270 Å². The quantitative estimate of drug-likeness (QED) is 0.0146. The molecule has 570 valence electrons. The van der Waals surface area contributed by atoms with Gasteiger partial charge in [0.05, 0.1) is 26.4 Å². The van der Waals surface area contributed by atoms with E-state index in [1.54, 1.807) is 0 Å². The van der Waals surface area contributed by atoms with Gasteiger partial charge >= 0.3 is 33.6 Å². The average molecular weight is 1450 g/mol. The average Bonchev–Trinajstić information content (AvgIpc) is 0.961. The molecule has 0 saturated carbocycles. The second kappa shape index (κ2) is 74.1. The highest BCUT2D eigenvalue weighted by Gasteiger charge is 2.29. The number of allylic oxidation sites excluding steroid dienone is 32. The standard InChI is InChI=1S/C83H132O16P2/c1-4-7-10-13-16-19-22-25-28-31-33-35-36-37-38-39-40-42-44-46-48-51-54-57-60-63-66-69-81(86)93-72-78(84)73-95-100(89,90)96-74-79(85)75-97-101(91,92)98-77-80(99-83(88)71-68-65-62-59-56-53-50-45-30-27-24-21-18-15-12-9-6-3)76-94-82(87)70-67-64-61-58-55-52-49-47-43-41-34-32-29-26-23-20-17-14-11-8-5-2/h7-12,16-21,25-30,33-35,37-38,41,47,49-50,53,55,58-59,62,78-80,84-85H,4-6,13-15,22-24,31-32,36,39-40,42-46,48,51-52,54,56-57,60-61,63-77H2,1-3H3,(H,89,90)(H,91,92)/b10-7-,11-8-,12-9-,19-16-,20-17-,21-18-,28-25-,29-26-,30-27-,35-33-,38-37-,41-34-,49-47-,53-50-,58-55-,62-59-. The predicted octanol–water partition coefficient (Wildman–Crippen LogP) is 22.0. The van der Waals surface area contributed by atoms with Gasteiger partial charge in [-0.25, -0.2) is 9.13 Å². The van der Waals surface area contributed by atoms with Crippen molar-refractivity contribution in [1.29, 1.82) is 0 Å². The summed E-state index contributed by atoms with van der Waals surface area (Å²) in [7, 11) is -9.84. The molecule has 0 aliphatic heterocycles. The number of carbonyl (C=O) groups excluding carboxylic acids is 3. The summed E-state index contributed by atoms with van der Waals surface area (Å²) in [4.78, 5) is 58.6. The van der Waals surface area contributed by atoms with Crippen LogP contribution in [-0.4, -0.2) is 95.9 Å². The van der Waals surface area contributed by atoms with Crippen molar-refractivity contribution in [1.82, 2.24) is 0 Å². The van der Waals surface area contributed by atoms with Crippen molar-refractivity contribution in [3.8, 4) is 0 Å². The topological polar surface area (TPSA) is 231 Å². The summed E-state index contributed by atoms with van der Waals surface area (Å²) in [5.74, 6) is -1.71. The fourth-order valence-corrected chi connectivity index (χ4v) is 10.7. The molecule has 0 rings (SSSR count). The van der Waals surface area contributed by atoms with Crippen LogP contribution >= 0.6 is 15.6 Å². The molecule has 16 nitrogen and oxygen atoms in total. The van der Waals surface area contributed by atoms with E-state index in [9.17, 15) is 43.5 Å². The third-order valence-electron chi connectivity index (χ3n) is 14.8. The Morgan fingerprint density at radius 2 is 0.505 bits per heavy atom. The summed E-state index contributed by atoms with van der Waals surface area (Å²) < 4.78 is 61.0. The van der Waals surface area contributed by atoms with Crippen LogP contribution in [0, 0.1) is 0 Å². The molecule has 0 aromatic heterocycles. The van der Waals surface area contributed by atoms with Crippen LogP contribution in [-0.2, 0) is 55.8 Å². The van der Waals surface area contributed by atoms with Crippen LogP contribution in [0.1, 0.15) is 252 Å². The molecule has 0 saturated heterocycles. The maximum absolute atomic E-state index is 12.9. The highest BCUT2D eigenvalue weighted by Crippen LogP contribution is 2.45. The lowest BCUT2D eigenvalue weighted by Gasteiger charge is -2.21. The smallest absolute Gasteiger partial charge is 0.463 e. The number of ether oxygens (including phenoxy) is 3. The van der Waals surface area contributed by atoms with Gasteiger partial charge in [0.2, 0.25) is 0 Å². The van der Waals surface area contributed by atoms with E-state index >= 15 is 0 Å². The van der Waals surface area contributed by atoms with E-state index in [0.29, 0.717) is 25.7 Å². The van der Waals surface area contributed by atoms with Crippen molar-refractivity contribution in [3.63, 3.8) is 0 Å². The summed E-state index contributed by atoms with van der Waals surface area (Å²) in [6, 6.07) is 0. The molecule has 0 aromatic rings. The van der Waals surface area contributed by atoms with Crippen molar-refractivity contribution in [3.05, 3.63) is 194 Å². The van der Waals surface area contributed by atoms with Crippen LogP contribution < -0.4 is 0 Å². The number of hydrogen-bond acceptors (Lipinski definition) is 14. The monoisotopic (exact) mass is 1450 g/mol. The number of phosphoric ester groups is 2. The fourth-order valence-electron chi connectivity index (χ4n) is 9.16. The van der Waals surface area contributed by atoms with E-state index in [0.717, 1.165) is 148 Å². The van der Waals surface area contributed by atoms with Gasteiger partial charge in [0.25, 0.3) is 0 Å². The molecule has 0 radical (unpaired) electrons. The van der Waals surface area contributed by atoms with E-state index < -0.39 is 91.5 Å². The lowest BCUT2D eigenvalue weighted by atomic mass is 10.0. The maximum Gasteiger partial charge on any atom is 0.472 e. The number of aliphatic hydroxyl groups excluding tert-OH is 2. The van der Waals surface area contributed by atoms with Crippen LogP contribution in [0.3, 0.4) is 0 Å². The zero-order chi connectivity index (χ0) is 73.7. The Labute approximate surface area is 610 Å². The summed E-state index contributed by atoms with van der Waals surface area (Å²) in [5.41, 5.74) is 0. The van der Waals surface area contributed by atoms with Gasteiger partial charge in [-0.1, -0.05) is 273 Å². The minimum absolute atomic E-state index is 0.00804. The first kappa shape index (κ1) is 95.4. The molecule has 0 bridgehead atoms. The first-order valence-corrected chi connectivity index (χ1v) is 40.7. The lowest BCUT2D eigenvalue weighted by Crippen LogP contribution is -2.30. The molecule has 0 aromatic carbocycles. The van der Waals surface area contributed by atoms with Crippen LogP contribution in [0.2, 0.25) is 0 Å². The van der Waals surface area contributed by atoms with Crippen molar-refractivity contribution in [2.24, 2.45) is 0 Å². The van der Waals surface area contributed by atoms with Gasteiger partial charge in [0.15, 0.2) is 6.10 Å². The number of rotatable bonds is 69. The number of phosphoric acid groups is 2. The first-order chi connectivity index (χ1) is 49.2. The molecule has 0 heterocycles. The Bertz CT molecular complexity index is 2620. The molecule has 0 amide bonds. The third kappa shape index (κ3) is 75.4. The summed E-state index contributed by atoms with van der Waals surface area (Å²) in [6.07, 6.45) is 96.4. The van der Waals surface area contributed by atoms with Gasteiger partial charge in [-0.3, -0.25) is 32.5 Å². The molecular weight excluding hydrogens is 1310 g/mol. The molecule has 5 unspecified atom stereocenters. The Hall–Kier alpha value is -5.61. The van der Waals surface area contributed by atoms with E-state index in [4.69, 9.17) is 32.3 Å². The number of unbranched alkanes of at least 4 members (excludes halogenated alkanes) is 14. The van der Waals surface area contributed by atoms with E-state index in [1.165, 1.54) is 38.5 Å². The van der Waals surface area contributed by atoms with Gasteiger partial charge in [0, 0.05) is 19.3 Å². The van der Waals surface area contributed by atoms with Crippen LogP contribution in [0.4, 0.5) is 0 Å². The molecular formula is C83H132O16P2. The van der Waals surface area contributed by atoms with Crippen LogP contribution in [0.5, 0.6) is 0 Å². The molecule has 0 fully saturated rings. The molecule has 4 N–H and O–H groups in total. The van der Waals surface area contributed by atoms with E-state index in [2.05, 4.69) is 203 Å². The van der Waals surface area contributed by atoms with Gasteiger partial charge in [-0.2, -0.15) is 0 Å². The zero-order valence-electron chi connectivity index (χ0n) is 62.0. The summed E-state index contributed by atoms with van der Waals surface area (Å²) in [5, 5.41) is 20.6. The Kier molecular flexibility index (Phi) is 70.0. The second-order valence-electron chi connectivity index (χ2n) is 24.3. The number of carbonyl (C=O) groups is 3. The number of hydrogen-bond donors (Lipinski definition) is 4.